The SMILES string of the molecule is CCNC(=NCCc1ccncc1C)N1CC(C)(C)C1(C)C. The molecule has 0 aliphatic carbocycles. The first-order chi connectivity index (χ1) is 10.3. The molecule has 1 aliphatic rings. The maximum Gasteiger partial charge on any atom is 0.194 e. The Morgan fingerprint density at radius 1 is 1.36 bits per heavy atom. The second-order valence-electron chi connectivity index (χ2n) is 7.32. The van der Waals surface area contributed by atoms with Gasteiger partial charge in [-0.05, 0) is 51.3 Å². The minimum atomic E-state index is 0.139. The number of guanidine groups is 1. The van der Waals surface area contributed by atoms with Crippen molar-refractivity contribution >= 4 is 5.96 Å². The number of likely N-dealkylation sites (tertiary alicyclic amines) is 1. The number of rotatable bonds is 4. The van der Waals surface area contributed by atoms with Crippen molar-refractivity contribution in [2.24, 2.45) is 10.4 Å². The van der Waals surface area contributed by atoms with Crippen LogP contribution in [0.5, 0.6) is 0 Å². The van der Waals surface area contributed by atoms with Gasteiger partial charge in [-0.2, -0.15) is 0 Å². The van der Waals surface area contributed by atoms with E-state index in [0.717, 1.165) is 32.0 Å². The van der Waals surface area contributed by atoms with Crippen LogP contribution in [0.15, 0.2) is 23.5 Å². The van der Waals surface area contributed by atoms with Crippen molar-refractivity contribution in [3.63, 3.8) is 0 Å². The normalized spacial score (nSPS) is 19.7. The summed E-state index contributed by atoms with van der Waals surface area (Å²) in [6.07, 6.45) is 4.74. The van der Waals surface area contributed by atoms with Crippen molar-refractivity contribution in [2.75, 3.05) is 19.6 Å². The largest absolute Gasteiger partial charge is 0.356 e. The topological polar surface area (TPSA) is 40.5 Å². The molecule has 22 heavy (non-hydrogen) atoms. The van der Waals surface area contributed by atoms with E-state index in [1.54, 1.807) is 0 Å². The lowest BCUT2D eigenvalue weighted by atomic mass is 9.65. The molecule has 2 rings (SSSR count). The minimum Gasteiger partial charge on any atom is -0.356 e. The van der Waals surface area contributed by atoms with Crippen molar-refractivity contribution in [1.29, 1.82) is 0 Å². The third-order valence-corrected chi connectivity index (χ3v) is 5.25. The first-order valence-corrected chi connectivity index (χ1v) is 8.25. The summed E-state index contributed by atoms with van der Waals surface area (Å²) in [6.45, 7) is 16.3. The predicted molar refractivity (Wildman–Crippen MR) is 93.2 cm³/mol. The van der Waals surface area contributed by atoms with E-state index in [1.165, 1.54) is 11.1 Å². The highest BCUT2D eigenvalue weighted by atomic mass is 15.4. The van der Waals surface area contributed by atoms with Crippen LogP contribution in [-0.2, 0) is 6.42 Å². The zero-order valence-electron chi connectivity index (χ0n) is 14.9. The highest BCUT2D eigenvalue weighted by Gasteiger charge is 2.53. The molecule has 0 radical (unpaired) electrons. The minimum absolute atomic E-state index is 0.139. The standard InChI is InChI=1S/C18H30N4/c1-7-20-16(22-13-17(3,4)18(22,5)6)21-11-9-15-8-10-19-12-14(15)2/h8,10,12H,7,9,11,13H2,1-6H3,(H,20,21). The molecule has 1 aromatic rings. The first-order valence-electron chi connectivity index (χ1n) is 8.25. The van der Waals surface area contributed by atoms with Crippen LogP contribution in [0.2, 0.25) is 0 Å². The molecule has 0 aromatic carbocycles. The molecule has 1 N–H and O–H groups in total. The Bertz CT molecular complexity index is 546. The zero-order valence-corrected chi connectivity index (χ0v) is 14.9. The summed E-state index contributed by atoms with van der Waals surface area (Å²) in [4.78, 5) is 11.4. The zero-order chi connectivity index (χ0) is 16.4. The van der Waals surface area contributed by atoms with Crippen molar-refractivity contribution in [3.8, 4) is 0 Å². The highest BCUT2D eigenvalue weighted by molar-refractivity contribution is 5.82. The maximum absolute atomic E-state index is 4.84. The van der Waals surface area contributed by atoms with Crippen LogP contribution in [0, 0.1) is 12.3 Å². The van der Waals surface area contributed by atoms with Gasteiger partial charge in [0, 0.05) is 43.0 Å². The van der Waals surface area contributed by atoms with Crippen molar-refractivity contribution in [2.45, 2.75) is 53.5 Å². The van der Waals surface area contributed by atoms with Gasteiger partial charge in [0.1, 0.15) is 0 Å². The molecule has 1 aliphatic heterocycles. The third kappa shape index (κ3) is 3.11. The lowest BCUT2D eigenvalue weighted by Gasteiger charge is -2.62. The summed E-state index contributed by atoms with van der Waals surface area (Å²) in [5.41, 5.74) is 3.04. The molecule has 0 unspecified atom stereocenters. The summed E-state index contributed by atoms with van der Waals surface area (Å²) in [7, 11) is 0. The molecule has 1 fully saturated rings. The predicted octanol–water partition coefficient (Wildman–Crippen LogP) is 3.02. The number of pyridine rings is 1. The average Bonchev–Trinajstić information content (AvgIpc) is 2.46. The van der Waals surface area contributed by atoms with Gasteiger partial charge in [-0.15, -0.1) is 0 Å². The number of hydrogen-bond acceptors (Lipinski definition) is 2. The van der Waals surface area contributed by atoms with Crippen LogP contribution < -0.4 is 5.32 Å². The Morgan fingerprint density at radius 2 is 2.09 bits per heavy atom. The number of nitrogens with one attached hydrogen (secondary N) is 1. The molecule has 1 saturated heterocycles. The van der Waals surface area contributed by atoms with E-state index in [-0.39, 0.29) is 5.54 Å². The van der Waals surface area contributed by atoms with Crippen LogP contribution in [0.4, 0.5) is 0 Å². The molecule has 4 nitrogen and oxygen atoms in total. The second kappa shape index (κ2) is 6.27. The lowest BCUT2D eigenvalue weighted by molar-refractivity contribution is -0.0667. The van der Waals surface area contributed by atoms with Gasteiger partial charge >= 0.3 is 0 Å². The van der Waals surface area contributed by atoms with E-state index >= 15 is 0 Å². The van der Waals surface area contributed by atoms with Crippen LogP contribution in [0.25, 0.3) is 0 Å². The number of aliphatic imine (C=N–C) groups is 1. The average molecular weight is 302 g/mol. The fourth-order valence-corrected chi connectivity index (χ4v) is 2.86. The number of hydrogen-bond donors (Lipinski definition) is 1. The molecular weight excluding hydrogens is 272 g/mol. The third-order valence-electron chi connectivity index (χ3n) is 5.25. The van der Waals surface area contributed by atoms with E-state index in [1.807, 2.05) is 12.4 Å². The van der Waals surface area contributed by atoms with E-state index in [9.17, 15) is 0 Å². The van der Waals surface area contributed by atoms with Crippen LogP contribution in [0.1, 0.15) is 45.7 Å². The smallest absolute Gasteiger partial charge is 0.194 e. The van der Waals surface area contributed by atoms with Gasteiger partial charge in [0.2, 0.25) is 0 Å². The summed E-state index contributed by atoms with van der Waals surface area (Å²) in [5.74, 6) is 1.04. The van der Waals surface area contributed by atoms with Gasteiger partial charge in [0.05, 0.1) is 0 Å². The van der Waals surface area contributed by atoms with Gasteiger partial charge in [0.15, 0.2) is 5.96 Å². The fraction of sp³-hybridized carbons (Fsp3) is 0.667. The molecule has 0 atom stereocenters. The molecule has 1 aromatic heterocycles. The lowest BCUT2D eigenvalue weighted by Crippen LogP contribution is -2.72. The van der Waals surface area contributed by atoms with E-state index in [4.69, 9.17) is 4.99 Å². The molecule has 0 spiro atoms. The van der Waals surface area contributed by atoms with Gasteiger partial charge in [0.25, 0.3) is 0 Å². The Labute approximate surface area is 135 Å². The van der Waals surface area contributed by atoms with Crippen molar-refractivity contribution < 1.29 is 0 Å². The van der Waals surface area contributed by atoms with E-state index in [2.05, 4.69) is 62.8 Å². The van der Waals surface area contributed by atoms with Gasteiger partial charge in [-0.3, -0.25) is 9.98 Å². The number of aromatic nitrogens is 1. The van der Waals surface area contributed by atoms with Crippen LogP contribution in [0.3, 0.4) is 0 Å². The molecule has 122 valence electrons. The Hall–Kier alpha value is -1.58. The van der Waals surface area contributed by atoms with Crippen molar-refractivity contribution in [1.82, 2.24) is 15.2 Å². The van der Waals surface area contributed by atoms with Crippen molar-refractivity contribution in [3.05, 3.63) is 29.6 Å². The Morgan fingerprint density at radius 3 is 2.64 bits per heavy atom. The summed E-state index contributed by atoms with van der Waals surface area (Å²) in [5, 5.41) is 3.44. The molecule has 0 saturated carbocycles. The van der Waals surface area contributed by atoms with Gasteiger partial charge in [-0.1, -0.05) is 13.8 Å². The summed E-state index contributed by atoms with van der Waals surface area (Å²) < 4.78 is 0. The maximum atomic E-state index is 4.84. The quantitative estimate of drug-likeness (QED) is 0.686. The molecule has 4 heteroatoms. The van der Waals surface area contributed by atoms with Gasteiger partial charge in [-0.25, -0.2) is 0 Å². The van der Waals surface area contributed by atoms with Crippen LogP contribution >= 0.6 is 0 Å². The fourth-order valence-electron chi connectivity index (χ4n) is 2.86. The molecule has 0 bridgehead atoms. The second-order valence-corrected chi connectivity index (χ2v) is 7.32. The summed E-state index contributed by atoms with van der Waals surface area (Å²) >= 11 is 0. The van der Waals surface area contributed by atoms with E-state index in [0.29, 0.717) is 5.41 Å². The number of aryl methyl sites for hydroxylation is 1. The Kier molecular flexibility index (Phi) is 4.78. The summed E-state index contributed by atoms with van der Waals surface area (Å²) in [6, 6.07) is 2.09. The highest BCUT2D eigenvalue weighted by Crippen LogP contribution is 2.46. The molecule has 2 heterocycles. The number of nitrogens with zero attached hydrogens (tertiary/aromatic N) is 3. The Balaban J connectivity index is 2.04. The molecule has 0 amide bonds. The monoisotopic (exact) mass is 302 g/mol. The van der Waals surface area contributed by atoms with Gasteiger partial charge < -0.3 is 10.2 Å². The first kappa shape index (κ1) is 16.8. The van der Waals surface area contributed by atoms with Crippen LogP contribution in [-0.4, -0.2) is 41.0 Å². The molecular formula is C18H30N4. The van der Waals surface area contributed by atoms with E-state index < -0.39 is 0 Å².